The summed E-state index contributed by atoms with van der Waals surface area (Å²) in [6.45, 7) is 2.32. The molecular formula is C25H25N5O4. The molecule has 1 unspecified atom stereocenters. The van der Waals surface area contributed by atoms with Gasteiger partial charge in [0.25, 0.3) is 11.5 Å². The summed E-state index contributed by atoms with van der Waals surface area (Å²) in [5.41, 5.74) is 7.98. The number of carbonyl (C=O) groups is 3. The monoisotopic (exact) mass is 459 g/mol. The lowest BCUT2D eigenvalue weighted by atomic mass is 10.1. The number of anilines is 1. The highest BCUT2D eigenvalue weighted by Crippen LogP contribution is 2.30. The Morgan fingerprint density at radius 3 is 2.59 bits per heavy atom. The highest BCUT2D eigenvalue weighted by Gasteiger charge is 2.35. The second-order valence-electron chi connectivity index (χ2n) is 8.67. The molecule has 0 bridgehead atoms. The molecule has 2 aromatic carbocycles. The third-order valence-corrected chi connectivity index (χ3v) is 6.57. The quantitative estimate of drug-likeness (QED) is 0.577. The van der Waals surface area contributed by atoms with Crippen LogP contribution in [0.3, 0.4) is 0 Å². The van der Waals surface area contributed by atoms with Crippen LogP contribution in [0.25, 0.3) is 10.8 Å². The van der Waals surface area contributed by atoms with Crippen molar-refractivity contribution in [2.45, 2.75) is 39.2 Å². The molecule has 3 amide bonds. The number of carbonyl (C=O) groups excluding carboxylic acids is 3. The molecule has 5 rings (SSSR count). The van der Waals surface area contributed by atoms with Crippen molar-refractivity contribution in [2.75, 3.05) is 11.4 Å². The maximum atomic E-state index is 12.8. The van der Waals surface area contributed by atoms with Crippen molar-refractivity contribution in [1.29, 1.82) is 0 Å². The number of hydrazine groups is 1. The number of amides is 3. The van der Waals surface area contributed by atoms with Crippen LogP contribution in [-0.4, -0.2) is 34.0 Å². The molecule has 2 aliphatic rings. The Hall–Kier alpha value is -4.01. The van der Waals surface area contributed by atoms with E-state index in [0.29, 0.717) is 17.3 Å². The van der Waals surface area contributed by atoms with Crippen molar-refractivity contribution in [2.24, 2.45) is 5.92 Å². The predicted octanol–water partition coefficient (Wildman–Crippen LogP) is 1.72. The van der Waals surface area contributed by atoms with Gasteiger partial charge in [-0.3, -0.25) is 30.0 Å². The summed E-state index contributed by atoms with van der Waals surface area (Å²) in [6.07, 6.45) is 3.27. The number of nitrogens with one attached hydrogen (secondary N) is 2. The third kappa shape index (κ3) is 3.83. The van der Waals surface area contributed by atoms with Gasteiger partial charge in [-0.1, -0.05) is 24.3 Å². The maximum absolute atomic E-state index is 12.8. The van der Waals surface area contributed by atoms with Gasteiger partial charge in [-0.2, -0.15) is 5.10 Å². The molecule has 1 fully saturated rings. The fourth-order valence-corrected chi connectivity index (χ4v) is 4.76. The van der Waals surface area contributed by atoms with Gasteiger partial charge in [0.15, 0.2) is 5.69 Å². The highest BCUT2D eigenvalue weighted by atomic mass is 16.2. The third-order valence-electron chi connectivity index (χ3n) is 6.57. The first-order valence-corrected chi connectivity index (χ1v) is 11.5. The molecule has 0 radical (unpaired) electrons. The van der Waals surface area contributed by atoms with Gasteiger partial charge in [-0.25, -0.2) is 4.68 Å². The molecule has 2 N–H and O–H groups in total. The van der Waals surface area contributed by atoms with Gasteiger partial charge >= 0.3 is 0 Å². The van der Waals surface area contributed by atoms with Gasteiger partial charge in [0, 0.05) is 30.6 Å². The first-order valence-electron chi connectivity index (χ1n) is 11.5. The summed E-state index contributed by atoms with van der Waals surface area (Å²) in [4.78, 5) is 52.3. The van der Waals surface area contributed by atoms with Gasteiger partial charge in [0.05, 0.1) is 11.3 Å². The zero-order chi connectivity index (χ0) is 23.8. The molecule has 174 valence electrons. The zero-order valence-corrected chi connectivity index (χ0v) is 18.8. The maximum Gasteiger partial charge on any atom is 0.290 e. The number of nitrogens with zero attached hydrogens (tertiary/aromatic N) is 3. The van der Waals surface area contributed by atoms with Gasteiger partial charge < -0.3 is 4.90 Å². The molecular weight excluding hydrogens is 434 g/mol. The van der Waals surface area contributed by atoms with Gasteiger partial charge in [0.2, 0.25) is 11.8 Å². The van der Waals surface area contributed by atoms with E-state index < -0.39 is 17.7 Å². The summed E-state index contributed by atoms with van der Waals surface area (Å²) < 4.78 is 1.21. The Kier molecular flexibility index (Phi) is 5.61. The van der Waals surface area contributed by atoms with Gasteiger partial charge in [-0.05, 0) is 55.5 Å². The van der Waals surface area contributed by atoms with Gasteiger partial charge in [-0.15, -0.1) is 0 Å². The van der Waals surface area contributed by atoms with E-state index in [9.17, 15) is 19.2 Å². The van der Waals surface area contributed by atoms with Crippen LogP contribution in [0.15, 0.2) is 47.3 Å². The first-order chi connectivity index (χ1) is 16.5. The molecule has 3 aromatic rings. The van der Waals surface area contributed by atoms with Crippen LogP contribution in [0.1, 0.15) is 41.4 Å². The lowest BCUT2D eigenvalue weighted by Gasteiger charge is -2.18. The van der Waals surface area contributed by atoms with E-state index >= 15 is 0 Å². The van der Waals surface area contributed by atoms with Crippen molar-refractivity contribution in [1.82, 2.24) is 20.6 Å². The zero-order valence-electron chi connectivity index (χ0n) is 18.8. The fraction of sp³-hybridized carbons (Fsp3) is 0.320. The number of aryl methyl sites for hydroxylation is 3. The Balaban J connectivity index is 1.28. The Labute approximate surface area is 195 Å². The number of hydrogen-bond donors (Lipinski definition) is 2. The van der Waals surface area contributed by atoms with Crippen molar-refractivity contribution in [3.8, 4) is 0 Å². The molecule has 0 spiro atoms. The van der Waals surface area contributed by atoms with E-state index in [1.54, 1.807) is 36.1 Å². The Bertz CT molecular complexity index is 1380. The van der Waals surface area contributed by atoms with Crippen LogP contribution in [0.4, 0.5) is 5.69 Å². The van der Waals surface area contributed by atoms with Gasteiger partial charge in [0.1, 0.15) is 0 Å². The van der Waals surface area contributed by atoms with E-state index in [1.165, 1.54) is 15.8 Å². The molecule has 1 aliphatic carbocycles. The molecule has 1 saturated heterocycles. The lowest BCUT2D eigenvalue weighted by Crippen LogP contribution is -2.46. The van der Waals surface area contributed by atoms with E-state index in [1.807, 2.05) is 12.1 Å². The summed E-state index contributed by atoms with van der Waals surface area (Å²) in [7, 11) is 0. The second-order valence-corrected chi connectivity index (χ2v) is 8.67. The number of benzene rings is 2. The van der Waals surface area contributed by atoms with Crippen LogP contribution in [0.5, 0.6) is 0 Å². The van der Waals surface area contributed by atoms with Crippen LogP contribution >= 0.6 is 0 Å². The topological polar surface area (TPSA) is 113 Å². The minimum atomic E-state index is -0.633. The smallest absolute Gasteiger partial charge is 0.290 e. The molecule has 9 nitrogen and oxygen atoms in total. The summed E-state index contributed by atoms with van der Waals surface area (Å²) in [5.74, 6) is -1.78. The molecule has 9 heteroatoms. The standard InChI is InChI=1S/C25H25N5O4/c1-2-30-25(34)20-9-4-3-8-19(20)22(28-30)24(33)27-26-23(32)17-13-21(31)29(14-17)18-11-10-15-6-5-7-16(15)12-18/h3-4,8-12,17H,2,5-7,13-14H2,1H3,(H,26,32)(H,27,33). The first kappa shape index (κ1) is 21.8. The van der Waals surface area contributed by atoms with E-state index in [4.69, 9.17) is 0 Å². The molecule has 2 heterocycles. The van der Waals surface area contributed by atoms with Crippen molar-refractivity contribution in [3.05, 3.63) is 69.6 Å². The second kappa shape index (κ2) is 8.74. The number of hydrogen-bond acceptors (Lipinski definition) is 5. The van der Waals surface area contributed by atoms with E-state index in [-0.39, 0.29) is 30.1 Å². The number of aromatic nitrogens is 2. The SMILES string of the molecule is CCn1nc(C(=O)NNC(=O)C2CC(=O)N(c3ccc4c(c3)CCC4)C2)c2ccccc2c1=O. The molecule has 34 heavy (non-hydrogen) atoms. The molecule has 1 aromatic heterocycles. The number of rotatable bonds is 4. The predicted molar refractivity (Wildman–Crippen MR) is 126 cm³/mol. The minimum Gasteiger partial charge on any atom is -0.312 e. The fourth-order valence-electron chi connectivity index (χ4n) is 4.76. The van der Waals surface area contributed by atoms with Crippen molar-refractivity contribution >= 4 is 34.2 Å². The van der Waals surface area contributed by atoms with Crippen LogP contribution < -0.4 is 21.3 Å². The summed E-state index contributed by atoms with van der Waals surface area (Å²) in [5, 5.41) is 4.95. The average Bonchev–Trinajstić information content (AvgIpc) is 3.48. The molecule has 0 saturated carbocycles. The normalized spacial score (nSPS) is 17.1. The number of fused-ring (bicyclic) bond motifs is 2. The minimum absolute atomic E-state index is 0.0413. The Morgan fingerprint density at radius 2 is 1.79 bits per heavy atom. The van der Waals surface area contributed by atoms with Crippen LogP contribution in [-0.2, 0) is 29.0 Å². The molecule has 1 aliphatic heterocycles. The summed E-state index contributed by atoms with van der Waals surface area (Å²) >= 11 is 0. The Morgan fingerprint density at radius 1 is 1.03 bits per heavy atom. The lowest BCUT2D eigenvalue weighted by molar-refractivity contribution is -0.126. The van der Waals surface area contributed by atoms with Crippen LogP contribution in [0.2, 0.25) is 0 Å². The van der Waals surface area contributed by atoms with Crippen molar-refractivity contribution in [3.63, 3.8) is 0 Å². The van der Waals surface area contributed by atoms with E-state index in [2.05, 4.69) is 22.0 Å². The van der Waals surface area contributed by atoms with Crippen LogP contribution in [0, 0.1) is 5.92 Å². The van der Waals surface area contributed by atoms with Crippen molar-refractivity contribution < 1.29 is 14.4 Å². The average molecular weight is 460 g/mol. The largest absolute Gasteiger partial charge is 0.312 e. The van der Waals surface area contributed by atoms with E-state index in [0.717, 1.165) is 24.9 Å². The molecule has 1 atom stereocenters. The summed E-state index contributed by atoms with van der Waals surface area (Å²) in [6, 6.07) is 12.8. The highest BCUT2D eigenvalue weighted by molar-refractivity contribution is 6.06.